The summed E-state index contributed by atoms with van der Waals surface area (Å²) in [6.07, 6.45) is 4.51. The molecule has 0 aromatic heterocycles. The maximum absolute atomic E-state index is 4.19. The Morgan fingerprint density at radius 3 is 2.43 bits per heavy atom. The molecule has 0 aromatic rings. The Kier molecular flexibility index (Phi) is 2.84. The summed E-state index contributed by atoms with van der Waals surface area (Å²) in [5, 5.41) is 3.24. The summed E-state index contributed by atoms with van der Waals surface area (Å²) < 4.78 is 0. The van der Waals surface area contributed by atoms with Crippen LogP contribution in [0.4, 0.5) is 0 Å². The van der Waals surface area contributed by atoms with Gasteiger partial charge in [0.1, 0.15) is 6.26 Å². The molecule has 35 valence electrons. The van der Waals surface area contributed by atoms with Crippen LogP contribution in [0.3, 0.4) is 0 Å². The van der Waals surface area contributed by atoms with Crippen molar-refractivity contribution in [1.29, 1.82) is 0 Å². The first kappa shape index (κ1) is 6.07. The summed E-state index contributed by atoms with van der Waals surface area (Å²) in [6, 6.07) is 0. The van der Waals surface area contributed by atoms with Crippen LogP contribution in [0, 0.1) is 0 Å². The molecule has 0 saturated carbocycles. The van der Waals surface area contributed by atoms with Crippen LogP contribution in [0.2, 0.25) is 0 Å². The lowest BCUT2D eigenvalue weighted by Crippen LogP contribution is -1.82. The van der Waals surface area contributed by atoms with Crippen LogP contribution in [0.1, 0.15) is 0 Å². The highest BCUT2D eigenvalue weighted by Gasteiger charge is 1.77. The zero-order valence-electron chi connectivity index (χ0n) is 3.57. The quantitative estimate of drug-likeness (QED) is 0.315. The van der Waals surface area contributed by atoms with Gasteiger partial charge in [0.2, 0.25) is 0 Å². The molecule has 1 rings (SSSR count). The lowest BCUT2D eigenvalue weighted by atomic mass is 10.7. The summed E-state index contributed by atoms with van der Waals surface area (Å²) in [5.74, 6) is 0. The Morgan fingerprint density at radius 2 is 2.29 bits per heavy atom. The molecule has 3 radical (unpaired) electrons. The molecule has 4 heteroatoms. The van der Waals surface area contributed by atoms with Gasteiger partial charge >= 0.3 is 0 Å². The molecular weight excluding hydrogens is 92.8 g/mol. The van der Waals surface area contributed by atoms with Crippen LogP contribution in [-0.4, -0.2) is 14.6 Å². The third-order valence-electron chi connectivity index (χ3n) is 0.367. The van der Waals surface area contributed by atoms with Crippen molar-refractivity contribution in [3.63, 3.8) is 0 Å². The fourth-order valence-corrected chi connectivity index (χ4v) is 0.177. The second kappa shape index (κ2) is 3.27. The van der Waals surface area contributed by atoms with E-state index < -0.39 is 0 Å². The molecule has 1 heterocycles. The minimum Gasteiger partial charge on any atom is -0.275 e. The molecule has 0 spiro atoms. The van der Waals surface area contributed by atoms with Crippen molar-refractivity contribution in [3.8, 4) is 0 Å². The summed E-state index contributed by atoms with van der Waals surface area (Å²) in [6.45, 7) is 0. The lowest BCUT2D eigenvalue weighted by molar-refractivity contribution is -0.251. The van der Waals surface area contributed by atoms with Crippen molar-refractivity contribution in [2.75, 3.05) is 0 Å². The van der Waals surface area contributed by atoms with E-state index in [-0.39, 0.29) is 8.41 Å². The fourth-order valence-electron chi connectivity index (χ4n) is 0.177. The highest BCUT2D eigenvalue weighted by atomic mass is 17.3. The molecule has 0 aliphatic carbocycles. The van der Waals surface area contributed by atoms with E-state index in [9.17, 15) is 0 Å². The maximum Gasteiger partial charge on any atom is 0.147 e. The van der Waals surface area contributed by atoms with Crippen molar-refractivity contribution in [2.45, 2.75) is 0 Å². The first-order chi connectivity index (χ1) is 3.00. The number of rotatable bonds is 0. The monoisotopic (exact) mass is 96.0 g/mol. The van der Waals surface area contributed by atoms with E-state index in [1.165, 1.54) is 12.5 Å². The summed E-state index contributed by atoms with van der Waals surface area (Å²) >= 11 is 0. The predicted octanol–water partition coefficient (Wildman–Crippen LogP) is 0.0669. The predicted molar refractivity (Wildman–Crippen MR) is 25.6 cm³/mol. The van der Waals surface area contributed by atoms with Gasteiger partial charge in [-0.3, -0.25) is 4.89 Å². The number of hydrogen-bond donors (Lipinski definition) is 0. The van der Waals surface area contributed by atoms with Crippen molar-refractivity contribution in [2.24, 2.45) is 5.16 Å². The highest BCUT2D eigenvalue weighted by molar-refractivity contribution is 5.75. The zero-order valence-corrected chi connectivity index (χ0v) is 3.57. The van der Waals surface area contributed by atoms with E-state index in [1.807, 2.05) is 0 Å². The number of nitrogens with zero attached hydrogens (tertiary/aromatic N) is 1. The molecule has 1 aliphatic heterocycles. The highest BCUT2D eigenvalue weighted by Crippen LogP contribution is 1.84. The fraction of sp³-hybridized carbons (Fsp3) is 0. The van der Waals surface area contributed by atoms with Crippen LogP contribution in [0.5, 0.6) is 0 Å². The van der Waals surface area contributed by atoms with Crippen molar-refractivity contribution >= 4 is 14.6 Å². The number of hydrogen-bond acceptors (Lipinski definition) is 3. The Bertz CT molecular complexity index is 78.9. The summed E-state index contributed by atoms with van der Waals surface area (Å²) in [4.78, 5) is 8.24. The Labute approximate surface area is 43.1 Å². The second-order valence-electron chi connectivity index (χ2n) is 0.754. The van der Waals surface area contributed by atoms with Gasteiger partial charge in [-0.05, 0) is 11.2 Å². The Hall–Kier alpha value is -0.925. The van der Waals surface area contributed by atoms with Gasteiger partial charge in [0.25, 0.3) is 0 Å². The van der Waals surface area contributed by atoms with Crippen LogP contribution < -0.4 is 0 Å². The largest absolute Gasteiger partial charge is 0.275 e. The third-order valence-corrected chi connectivity index (χ3v) is 0.367. The smallest absolute Gasteiger partial charge is 0.147 e. The minimum absolute atomic E-state index is 0. The zero-order chi connectivity index (χ0) is 4.24. The maximum atomic E-state index is 4.19. The van der Waals surface area contributed by atoms with E-state index in [1.54, 1.807) is 6.08 Å². The molecule has 0 amide bonds. The molecule has 0 unspecified atom stereocenters. The Balaban J connectivity index is 0.000000360. The van der Waals surface area contributed by atoms with Gasteiger partial charge in [-0.1, -0.05) is 0 Å². The third kappa shape index (κ3) is 1.86. The average molecular weight is 95.9 g/mol. The van der Waals surface area contributed by atoms with Crippen LogP contribution in [0.15, 0.2) is 17.5 Å². The average Bonchev–Trinajstić information content (AvgIpc) is 1.72. The molecule has 3 nitrogen and oxygen atoms in total. The molecule has 0 bridgehead atoms. The van der Waals surface area contributed by atoms with Gasteiger partial charge in [0, 0.05) is 8.41 Å². The molecule has 0 saturated heterocycles. The van der Waals surface area contributed by atoms with E-state index in [0.29, 0.717) is 0 Å². The lowest BCUT2D eigenvalue weighted by Gasteiger charge is -1.92. The van der Waals surface area contributed by atoms with Crippen molar-refractivity contribution < 1.29 is 9.88 Å². The van der Waals surface area contributed by atoms with Crippen LogP contribution in [-0.2, 0) is 9.88 Å². The van der Waals surface area contributed by atoms with Gasteiger partial charge in [-0.25, -0.2) is 0 Å². The van der Waals surface area contributed by atoms with E-state index >= 15 is 0 Å². The van der Waals surface area contributed by atoms with Crippen molar-refractivity contribution in [3.05, 3.63) is 12.3 Å². The van der Waals surface area contributed by atoms with Gasteiger partial charge in [-0.15, -0.1) is 0 Å². The topological polar surface area (TPSA) is 30.8 Å². The summed E-state index contributed by atoms with van der Waals surface area (Å²) in [7, 11) is 0. The number of oxime groups is 1. The SMILES string of the molecule is C1=COON=C1.[B]. The molecule has 0 N–H and O–H groups in total. The number of allylic oxidation sites excluding steroid dienone is 1. The van der Waals surface area contributed by atoms with E-state index in [2.05, 4.69) is 15.0 Å². The van der Waals surface area contributed by atoms with Crippen LogP contribution >= 0.6 is 0 Å². The molecule has 0 aromatic carbocycles. The Morgan fingerprint density at radius 1 is 1.43 bits per heavy atom. The normalized spacial score (nSPS) is 13.7. The summed E-state index contributed by atoms with van der Waals surface area (Å²) in [5.41, 5.74) is 0. The molecular formula is C3H3BNO2. The van der Waals surface area contributed by atoms with Crippen molar-refractivity contribution in [1.82, 2.24) is 0 Å². The first-order valence-electron chi connectivity index (χ1n) is 1.51. The van der Waals surface area contributed by atoms with E-state index in [4.69, 9.17) is 0 Å². The van der Waals surface area contributed by atoms with E-state index in [0.717, 1.165) is 0 Å². The standard InChI is InChI=1S/C3H3NO2.B/c1-2-4-6-5-3-1;/h1-3H;. The minimum atomic E-state index is 0. The molecule has 0 fully saturated rings. The van der Waals surface area contributed by atoms with Gasteiger partial charge in [-0.2, -0.15) is 4.99 Å². The first-order valence-corrected chi connectivity index (χ1v) is 1.51. The molecule has 7 heavy (non-hydrogen) atoms. The molecule has 0 atom stereocenters. The second-order valence-corrected chi connectivity index (χ2v) is 0.754. The van der Waals surface area contributed by atoms with Gasteiger partial charge in [0.05, 0.1) is 6.21 Å². The van der Waals surface area contributed by atoms with Gasteiger partial charge in [0.15, 0.2) is 0 Å². The van der Waals surface area contributed by atoms with Gasteiger partial charge < -0.3 is 0 Å². The molecule has 1 aliphatic rings. The van der Waals surface area contributed by atoms with Crippen LogP contribution in [0.25, 0.3) is 0 Å².